The summed E-state index contributed by atoms with van der Waals surface area (Å²) < 4.78 is 32.8. The van der Waals surface area contributed by atoms with Gasteiger partial charge < -0.3 is 4.74 Å². The van der Waals surface area contributed by atoms with Crippen LogP contribution in [0.15, 0.2) is 57.8 Å². The largest absolute Gasteiger partial charge is 0.496 e. The van der Waals surface area contributed by atoms with Crippen molar-refractivity contribution in [2.24, 2.45) is 4.40 Å². The second-order valence-corrected chi connectivity index (χ2v) is 5.83. The van der Waals surface area contributed by atoms with Crippen molar-refractivity contribution in [2.75, 3.05) is 7.11 Å². The average molecular weight is 320 g/mol. The molecule has 7 nitrogen and oxygen atoms in total. The van der Waals surface area contributed by atoms with E-state index in [0.29, 0.717) is 11.3 Å². The molecule has 0 atom stereocenters. The van der Waals surface area contributed by atoms with Gasteiger partial charge in [0.25, 0.3) is 15.7 Å². The second kappa shape index (κ2) is 6.35. The van der Waals surface area contributed by atoms with Crippen molar-refractivity contribution in [3.05, 3.63) is 64.2 Å². The lowest BCUT2D eigenvalue weighted by Crippen LogP contribution is -1.99. The molecule has 0 aliphatic rings. The summed E-state index contributed by atoms with van der Waals surface area (Å²) in [6.45, 7) is 0. The number of nitrogens with zero attached hydrogens (tertiary/aromatic N) is 2. The molecule has 0 bridgehead atoms. The molecule has 0 saturated carbocycles. The van der Waals surface area contributed by atoms with Gasteiger partial charge in [0.15, 0.2) is 0 Å². The lowest BCUT2D eigenvalue weighted by atomic mass is 10.2. The summed E-state index contributed by atoms with van der Waals surface area (Å²) in [7, 11) is -2.46. The molecule has 0 radical (unpaired) electrons. The number of nitro benzene ring substituents is 1. The normalized spacial score (nSPS) is 11.5. The number of hydrogen-bond donors (Lipinski definition) is 0. The summed E-state index contributed by atoms with van der Waals surface area (Å²) in [5.74, 6) is 0.491. The van der Waals surface area contributed by atoms with E-state index in [4.69, 9.17) is 4.74 Å². The van der Waals surface area contributed by atoms with Crippen LogP contribution in [0, 0.1) is 10.1 Å². The molecule has 0 aromatic heterocycles. The van der Waals surface area contributed by atoms with Crippen LogP contribution in [0.3, 0.4) is 0 Å². The molecule has 0 amide bonds. The van der Waals surface area contributed by atoms with Gasteiger partial charge in [0.1, 0.15) is 5.75 Å². The van der Waals surface area contributed by atoms with Crippen LogP contribution in [0.1, 0.15) is 5.56 Å². The first-order valence-electron chi connectivity index (χ1n) is 6.12. The second-order valence-electron chi connectivity index (χ2n) is 4.20. The van der Waals surface area contributed by atoms with E-state index < -0.39 is 14.9 Å². The molecule has 0 aliphatic heterocycles. The summed E-state index contributed by atoms with van der Waals surface area (Å²) >= 11 is 0. The molecule has 8 heteroatoms. The van der Waals surface area contributed by atoms with Crippen molar-refractivity contribution in [2.45, 2.75) is 4.90 Å². The Morgan fingerprint density at radius 2 is 1.77 bits per heavy atom. The summed E-state index contributed by atoms with van der Waals surface area (Å²) in [5.41, 5.74) is 0.322. The molecule has 2 aromatic carbocycles. The molecule has 0 spiro atoms. The maximum Gasteiger partial charge on any atom is 0.282 e. The smallest absolute Gasteiger partial charge is 0.282 e. The zero-order valence-corrected chi connectivity index (χ0v) is 12.4. The Hall–Kier alpha value is -2.74. The molecule has 0 fully saturated rings. The van der Waals surface area contributed by atoms with Gasteiger partial charge in [-0.1, -0.05) is 12.1 Å². The fraction of sp³-hybridized carbons (Fsp3) is 0.0714. The van der Waals surface area contributed by atoms with E-state index in [1.165, 1.54) is 13.3 Å². The summed E-state index contributed by atoms with van der Waals surface area (Å²) in [5, 5.41) is 10.6. The van der Waals surface area contributed by atoms with Crippen LogP contribution in [0.5, 0.6) is 5.75 Å². The minimum atomic E-state index is -3.93. The van der Waals surface area contributed by atoms with Crippen LogP contribution in [-0.4, -0.2) is 26.7 Å². The predicted octanol–water partition coefficient (Wildman–Crippen LogP) is 2.41. The van der Waals surface area contributed by atoms with Gasteiger partial charge in [-0.05, 0) is 24.3 Å². The van der Waals surface area contributed by atoms with Gasteiger partial charge in [-0.2, -0.15) is 12.8 Å². The molecule has 2 rings (SSSR count). The maximum atomic E-state index is 12.1. The Bertz CT molecular complexity index is 813. The molecule has 0 heterocycles. The van der Waals surface area contributed by atoms with E-state index in [0.717, 1.165) is 24.3 Å². The zero-order valence-electron chi connectivity index (χ0n) is 11.5. The van der Waals surface area contributed by atoms with Gasteiger partial charge in [0.05, 0.1) is 23.1 Å². The fourth-order valence-corrected chi connectivity index (χ4v) is 2.55. The first kappa shape index (κ1) is 15.6. The predicted molar refractivity (Wildman–Crippen MR) is 80.9 cm³/mol. The lowest BCUT2D eigenvalue weighted by Gasteiger charge is -2.03. The third kappa shape index (κ3) is 3.47. The Balaban J connectivity index is 2.31. The van der Waals surface area contributed by atoms with E-state index in [-0.39, 0.29) is 10.6 Å². The van der Waals surface area contributed by atoms with Gasteiger partial charge in [0, 0.05) is 17.7 Å². The molecule has 114 valence electrons. The molecular weight excluding hydrogens is 308 g/mol. The van der Waals surface area contributed by atoms with Crippen molar-refractivity contribution < 1.29 is 18.1 Å². The Morgan fingerprint density at radius 1 is 1.14 bits per heavy atom. The Kier molecular flexibility index (Phi) is 4.52. The van der Waals surface area contributed by atoms with E-state index >= 15 is 0 Å². The van der Waals surface area contributed by atoms with Crippen molar-refractivity contribution in [1.82, 2.24) is 0 Å². The van der Waals surface area contributed by atoms with Crippen LogP contribution in [0.4, 0.5) is 5.69 Å². The number of ether oxygens (including phenoxy) is 1. The molecule has 0 saturated heterocycles. The maximum absolute atomic E-state index is 12.1. The highest BCUT2D eigenvalue weighted by Crippen LogP contribution is 2.19. The third-order valence-corrected chi connectivity index (χ3v) is 4.07. The topological polar surface area (TPSA) is 98.9 Å². The van der Waals surface area contributed by atoms with Crippen LogP contribution in [0.25, 0.3) is 0 Å². The van der Waals surface area contributed by atoms with Gasteiger partial charge in [-0.15, -0.1) is 0 Å². The Morgan fingerprint density at radius 3 is 2.36 bits per heavy atom. The average Bonchev–Trinajstić information content (AvgIpc) is 2.53. The molecule has 0 unspecified atom stereocenters. The molecular formula is C14H12N2O5S. The van der Waals surface area contributed by atoms with Crippen molar-refractivity contribution >= 4 is 21.9 Å². The zero-order chi connectivity index (χ0) is 16.2. The van der Waals surface area contributed by atoms with Crippen molar-refractivity contribution in [3.63, 3.8) is 0 Å². The molecule has 0 N–H and O–H groups in total. The molecule has 0 aliphatic carbocycles. The van der Waals surface area contributed by atoms with Gasteiger partial charge in [0.2, 0.25) is 0 Å². The third-order valence-electron chi connectivity index (χ3n) is 2.81. The van der Waals surface area contributed by atoms with Crippen LogP contribution in [0.2, 0.25) is 0 Å². The fourth-order valence-electron chi connectivity index (χ4n) is 1.70. The van der Waals surface area contributed by atoms with Crippen molar-refractivity contribution in [1.29, 1.82) is 0 Å². The highest BCUT2D eigenvalue weighted by molar-refractivity contribution is 7.90. The SMILES string of the molecule is COc1ccccc1/C=N/S(=O)(=O)c1ccc([N+](=O)[O-])cc1. The number of rotatable bonds is 5. The minimum Gasteiger partial charge on any atom is -0.496 e. The van der Waals surface area contributed by atoms with Crippen LogP contribution >= 0.6 is 0 Å². The number of non-ortho nitro benzene ring substituents is 1. The van der Waals surface area contributed by atoms with Crippen LogP contribution < -0.4 is 4.74 Å². The van der Waals surface area contributed by atoms with E-state index in [2.05, 4.69) is 4.40 Å². The number of benzene rings is 2. The highest BCUT2D eigenvalue weighted by Gasteiger charge is 2.14. The monoisotopic (exact) mass is 320 g/mol. The van der Waals surface area contributed by atoms with Crippen LogP contribution in [-0.2, 0) is 10.0 Å². The number of nitro groups is 1. The van der Waals surface area contributed by atoms with Gasteiger partial charge in [-0.3, -0.25) is 10.1 Å². The van der Waals surface area contributed by atoms with Gasteiger partial charge in [-0.25, -0.2) is 0 Å². The van der Waals surface area contributed by atoms with Crippen molar-refractivity contribution in [3.8, 4) is 5.75 Å². The van der Waals surface area contributed by atoms with E-state index in [9.17, 15) is 18.5 Å². The summed E-state index contributed by atoms with van der Waals surface area (Å²) in [4.78, 5) is 9.83. The molecule has 2 aromatic rings. The standard InChI is InChI=1S/C14H12N2O5S/c1-21-14-5-3-2-4-11(14)10-15-22(19,20)13-8-6-12(7-9-13)16(17)18/h2-10H,1H3/b15-10+. The quantitative estimate of drug-likeness (QED) is 0.478. The number of methoxy groups -OCH3 is 1. The first-order chi connectivity index (χ1) is 10.4. The number of hydrogen-bond acceptors (Lipinski definition) is 5. The number of sulfonamides is 1. The van der Waals surface area contributed by atoms with Gasteiger partial charge >= 0.3 is 0 Å². The highest BCUT2D eigenvalue weighted by atomic mass is 32.2. The number of para-hydroxylation sites is 1. The summed E-state index contributed by atoms with van der Waals surface area (Å²) in [6.07, 6.45) is 1.18. The first-order valence-corrected chi connectivity index (χ1v) is 7.56. The van der Waals surface area contributed by atoms with E-state index in [1.807, 2.05) is 0 Å². The van der Waals surface area contributed by atoms with E-state index in [1.54, 1.807) is 24.3 Å². The summed E-state index contributed by atoms with van der Waals surface area (Å²) in [6, 6.07) is 11.3. The molecule has 22 heavy (non-hydrogen) atoms. The lowest BCUT2D eigenvalue weighted by molar-refractivity contribution is -0.384. The Labute approximate surface area is 127 Å². The minimum absolute atomic E-state index is 0.121.